The van der Waals surface area contributed by atoms with Crippen LogP contribution in [-0.4, -0.2) is 39.6 Å². The summed E-state index contributed by atoms with van der Waals surface area (Å²) >= 11 is 1.55. The Labute approximate surface area is 175 Å². The number of hydrogen-bond donors (Lipinski definition) is 0. The van der Waals surface area contributed by atoms with Crippen LogP contribution >= 0.6 is 11.8 Å². The molecule has 0 atom stereocenters. The maximum absolute atomic E-state index is 12.9. The van der Waals surface area contributed by atoms with Crippen LogP contribution < -0.4 is 4.31 Å². The van der Waals surface area contributed by atoms with Crippen molar-refractivity contribution < 1.29 is 17.6 Å². The number of amides is 1. The van der Waals surface area contributed by atoms with E-state index in [1.807, 2.05) is 6.26 Å². The minimum Gasteiger partial charge on any atom is -0.467 e. The molecule has 0 aliphatic carbocycles. The highest BCUT2D eigenvalue weighted by Crippen LogP contribution is 2.24. The van der Waals surface area contributed by atoms with E-state index in [1.54, 1.807) is 90.6 Å². The van der Waals surface area contributed by atoms with E-state index in [9.17, 15) is 13.2 Å². The van der Waals surface area contributed by atoms with Gasteiger partial charge in [-0.05, 0) is 66.9 Å². The van der Waals surface area contributed by atoms with E-state index in [4.69, 9.17) is 4.42 Å². The molecule has 29 heavy (non-hydrogen) atoms. The molecule has 1 heterocycles. The number of sulfonamides is 1. The number of rotatable bonds is 7. The normalized spacial score (nSPS) is 11.3. The first-order valence-electron chi connectivity index (χ1n) is 8.84. The second-order valence-corrected chi connectivity index (χ2v) is 9.28. The number of hydrogen-bond acceptors (Lipinski definition) is 5. The second kappa shape index (κ2) is 8.75. The smallest absolute Gasteiger partial charge is 0.264 e. The number of carbonyl (C=O) groups excluding carboxylic acids is 1. The number of nitrogens with zero attached hydrogens (tertiary/aromatic N) is 2. The predicted octanol–water partition coefficient (Wildman–Crippen LogP) is 4.10. The molecule has 0 spiro atoms. The first kappa shape index (κ1) is 21.0. The fourth-order valence-electron chi connectivity index (χ4n) is 2.79. The molecule has 0 aliphatic rings. The third kappa shape index (κ3) is 4.65. The van der Waals surface area contributed by atoms with E-state index in [2.05, 4.69) is 0 Å². The van der Waals surface area contributed by atoms with Crippen LogP contribution in [-0.2, 0) is 16.6 Å². The lowest BCUT2D eigenvalue weighted by atomic mass is 10.2. The molecular weight excluding hydrogens is 408 g/mol. The van der Waals surface area contributed by atoms with Crippen molar-refractivity contribution in [2.24, 2.45) is 0 Å². The molecule has 3 rings (SSSR count). The zero-order chi connectivity index (χ0) is 21.0. The Kier molecular flexibility index (Phi) is 6.34. The van der Waals surface area contributed by atoms with Crippen molar-refractivity contribution >= 4 is 33.4 Å². The van der Waals surface area contributed by atoms with Crippen LogP contribution in [0.1, 0.15) is 16.1 Å². The Balaban J connectivity index is 1.75. The van der Waals surface area contributed by atoms with Gasteiger partial charge in [-0.1, -0.05) is 0 Å². The van der Waals surface area contributed by atoms with Gasteiger partial charge < -0.3 is 9.32 Å². The maximum Gasteiger partial charge on any atom is 0.264 e. The minimum absolute atomic E-state index is 0.175. The number of furan rings is 1. The van der Waals surface area contributed by atoms with Crippen LogP contribution in [0.15, 0.2) is 81.1 Å². The molecule has 0 radical (unpaired) electrons. The molecule has 2 aromatic carbocycles. The molecule has 0 fully saturated rings. The van der Waals surface area contributed by atoms with Gasteiger partial charge in [0.15, 0.2) is 0 Å². The van der Waals surface area contributed by atoms with Gasteiger partial charge in [-0.3, -0.25) is 9.10 Å². The molecule has 0 aliphatic heterocycles. The van der Waals surface area contributed by atoms with E-state index < -0.39 is 10.0 Å². The molecule has 8 heteroatoms. The summed E-state index contributed by atoms with van der Waals surface area (Å²) in [6, 6.07) is 16.8. The van der Waals surface area contributed by atoms with E-state index in [-0.39, 0.29) is 10.8 Å². The fourth-order valence-corrected chi connectivity index (χ4v) is 4.39. The van der Waals surface area contributed by atoms with Crippen molar-refractivity contribution in [3.8, 4) is 0 Å². The predicted molar refractivity (Wildman–Crippen MR) is 115 cm³/mol. The monoisotopic (exact) mass is 430 g/mol. The van der Waals surface area contributed by atoms with Crippen LogP contribution in [0.2, 0.25) is 0 Å². The molecular formula is C21H22N2O4S2. The summed E-state index contributed by atoms with van der Waals surface area (Å²) in [5.74, 6) is 0.516. The van der Waals surface area contributed by atoms with Crippen molar-refractivity contribution in [1.29, 1.82) is 0 Å². The lowest BCUT2D eigenvalue weighted by Crippen LogP contribution is -2.27. The molecule has 1 aromatic heterocycles. The average molecular weight is 431 g/mol. The lowest BCUT2D eigenvalue weighted by molar-refractivity contribution is 0.0775. The van der Waals surface area contributed by atoms with E-state index in [0.29, 0.717) is 23.6 Å². The number of carbonyl (C=O) groups is 1. The van der Waals surface area contributed by atoms with E-state index in [0.717, 1.165) is 4.90 Å². The fraction of sp³-hybridized carbons (Fsp3) is 0.190. The standard InChI is InChI=1S/C21H22N2O4S2/c1-22(15-18-5-4-14-27-18)21(24)16-6-8-17(9-7-16)23(2)29(25,26)20-12-10-19(28-3)11-13-20/h4-14H,15H2,1-3H3. The van der Waals surface area contributed by atoms with Gasteiger partial charge in [0.2, 0.25) is 0 Å². The summed E-state index contributed by atoms with van der Waals surface area (Å²) < 4.78 is 32.2. The maximum atomic E-state index is 12.9. The highest BCUT2D eigenvalue weighted by atomic mass is 32.2. The van der Waals surface area contributed by atoms with Crippen molar-refractivity contribution in [2.45, 2.75) is 16.3 Å². The summed E-state index contributed by atoms with van der Waals surface area (Å²) in [5, 5.41) is 0. The first-order valence-corrected chi connectivity index (χ1v) is 11.5. The molecule has 0 saturated heterocycles. The highest BCUT2D eigenvalue weighted by molar-refractivity contribution is 7.98. The van der Waals surface area contributed by atoms with Crippen molar-refractivity contribution in [2.75, 3.05) is 24.7 Å². The van der Waals surface area contributed by atoms with Gasteiger partial charge in [0.25, 0.3) is 15.9 Å². The Morgan fingerprint density at radius 3 is 2.21 bits per heavy atom. The Morgan fingerprint density at radius 2 is 1.66 bits per heavy atom. The van der Waals surface area contributed by atoms with E-state index in [1.165, 1.54) is 11.4 Å². The molecule has 0 unspecified atom stereocenters. The number of thioether (sulfide) groups is 1. The molecule has 0 saturated carbocycles. The van der Waals surface area contributed by atoms with Crippen LogP contribution in [0.3, 0.4) is 0 Å². The summed E-state index contributed by atoms with van der Waals surface area (Å²) in [5.41, 5.74) is 0.946. The quantitative estimate of drug-likeness (QED) is 0.528. The topological polar surface area (TPSA) is 70.8 Å². The van der Waals surface area contributed by atoms with Gasteiger partial charge in [0.05, 0.1) is 23.4 Å². The van der Waals surface area contributed by atoms with Gasteiger partial charge >= 0.3 is 0 Å². The molecule has 6 nitrogen and oxygen atoms in total. The third-order valence-corrected chi connectivity index (χ3v) is 7.06. The highest BCUT2D eigenvalue weighted by Gasteiger charge is 2.22. The van der Waals surface area contributed by atoms with Crippen LogP contribution in [0, 0.1) is 0 Å². The summed E-state index contributed by atoms with van der Waals surface area (Å²) in [6.07, 6.45) is 3.50. The number of benzene rings is 2. The lowest BCUT2D eigenvalue weighted by Gasteiger charge is -2.20. The zero-order valence-corrected chi connectivity index (χ0v) is 18.0. The van der Waals surface area contributed by atoms with Crippen LogP contribution in [0.25, 0.3) is 0 Å². The SMILES string of the molecule is CSc1ccc(S(=O)(=O)N(C)c2ccc(C(=O)N(C)Cc3ccco3)cc2)cc1. The Hall–Kier alpha value is -2.71. The summed E-state index contributed by atoms with van der Waals surface area (Å²) in [6.45, 7) is 0.355. The molecule has 3 aromatic rings. The van der Waals surface area contributed by atoms with Crippen molar-refractivity contribution in [3.05, 3.63) is 78.3 Å². The largest absolute Gasteiger partial charge is 0.467 e. The average Bonchev–Trinajstić information content (AvgIpc) is 3.25. The van der Waals surface area contributed by atoms with Gasteiger partial charge in [-0.25, -0.2) is 8.42 Å². The molecule has 152 valence electrons. The molecule has 0 N–H and O–H groups in total. The minimum atomic E-state index is -3.68. The molecule has 0 bridgehead atoms. The first-order chi connectivity index (χ1) is 13.8. The van der Waals surface area contributed by atoms with Crippen LogP contribution in [0.5, 0.6) is 0 Å². The van der Waals surface area contributed by atoms with E-state index >= 15 is 0 Å². The summed E-state index contributed by atoms with van der Waals surface area (Å²) in [4.78, 5) is 15.3. The molecule has 1 amide bonds. The summed E-state index contributed by atoms with van der Waals surface area (Å²) in [7, 11) is -0.499. The second-order valence-electron chi connectivity index (χ2n) is 6.44. The van der Waals surface area contributed by atoms with Gasteiger partial charge in [0.1, 0.15) is 5.76 Å². The number of anilines is 1. The van der Waals surface area contributed by atoms with Gasteiger partial charge in [-0.2, -0.15) is 0 Å². The Bertz CT molecular complexity index is 1060. The Morgan fingerprint density at radius 1 is 1.00 bits per heavy atom. The van der Waals surface area contributed by atoms with Crippen LogP contribution in [0.4, 0.5) is 5.69 Å². The van der Waals surface area contributed by atoms with Gasteiger partial charge in [0, 0.05) is 24.6 Å². The third-order valence-electron chi connectivity index (χ3n) is 4.52. The van der Waals surface area contributed by atoms with Crippen molar-refractivity contribution in [1.82, 2.24) is 4.90 Å². The zero-order valence-electron chi connectivity index (χ0n) is 16.4. The van der Waals surface area contributed by atoms with Crippen molar-refractivity contribution in [3.63, 3.8) is 0 Å². The van der Waals surface area contributed by atoms with Gasteiger partial charge in [-0.15, -0.1) is 11.8 Å².